The number of ether oxygens (including phenoxy) is 1. The van der Waals surface area contributed by atoms with Gasteiger partial charge in [-0.1, -0.05) is 0 Å². The maximum Gasteiger partial charge on any atom is 0.223 e. The van der Waals surface area contributed by atoms with Crippen LogP contribution in [0.3, 0.4) is 0 Å². The molecule has 0 aromatic carbocycles. The molecule has 0 aromatic heterocycles. The number of halogens is 1. The van der Waals surface area contributed by atoms with Crippen LogP contribution in [-0.2, 0) is 9.53 Å². The summed E-state index contributed by atoms with van der Waals surface area (Å²) in [5.74, 6) is 0.282. The van der Waals surface area contributed by atoms with Gasteiger partial charge in [0.05, 0.1) is 5.60 Å². The molecule has 0 aromatic rings. The van der Waals surface area contributed by atoms with Gasteiger partial charge in [-0.05, 0) is 39.0 Å². The molecule has 3 unspecified atom stereocenters. The molecule has 1 saturated heterocycles. The second kappa shape index (κ2) is 6.03. The Bertz CT molecular complexity index is 267. The molecule has 0 bridgehead atoms. The highest BCUT2D eigenvalue weighted by atomic mass is 35.5. The zero-order valence-corrected chi connectivity index (χ0v) is 11.2. The third-order valence-corrected chi connectivity index (χ3v) is 3.78. The Balaban J connectivity index is 0.00000144. The fourth-order valence-electron chi connectivity index (χ4n) is 2.65. The van der Waals surface area contributed by atoms with Crippen LogP contribution in [-0.4, -0.2) is 30.7 Å². The van der Waals surface area contributed by atoms with Gasteiger partial charge in [0.2, 0.25) is 5.91 Å². The van der Waals surface area contributed by atoms with Crippen LogP contribution in [0.4, 0.5) is 0 Å². The molecule has 1 aliphatic heterocycles. The van der Waals surface area contributed by atoms with Crippen LogP contribution in [0, 0.1) is 5.92 Å². The largest absolute Gasteiger partial charge is 0.373 e. The van der Waals surface area contributed by atoms with Gasteiger partial charge in [0.25, 0.3) is 0 Å². The van der Waals surface area contributed by atoms with E-state index in [4.69, 9.17) is 10.5 Å². The van der Waals surface area contributed by atoms with Crippen LogP contribution in [0.1, 0.15) is 39.0 Å². The van der Waals surface area contributed by atoms with E-state index in [0.717, 1.165) is 38.7 Å². The average molecular weight is 263 g/mol. The summed E-state index contributed by atoms with van der Waals surface area (Å²) in [6, 6.07) is 0.217. The molecule has 0 spiro atoms. The smallest absolute Gasteiger partial charge is 0.223 e. The maximum atomic E-state index is 11.9. The van der Waals surface area contributed by atoms with E-state index in [-0.39, 0.29) is 35.9 Å². The zero-order chi connectivity index (χ0) is 11.6. The summed E-state index contributed by atoms with van der Waals surface area (Å²) in [6.07, 6.45) is 4.89. The Labute approximate surface area is 109 Å². The number of carbonyl (C=O) groups is 1. The first-order valence-electron chi connectivity index (χ1n) is 6.26. The van der Waals surface area contributed by atoms with Gasteiger partial charge in [-0.15, -0.1) is 12.4 Å². The van der Waals surface area contributed by atoms with Crippen molar-refractivity contribution in [3.63, 3.8) is 0 Å². The lowest BCUT2D eigenvalue weighted by Gasteiger charge is -2.24. The third kappa shape index (κ3) is 3.83. The van der Waals surface area contributed by atoms with Crippen LogP contribution in [0.15, 0.2) is 0 Å². The van der Waals surface area contributed by atoms with Crippen molar-refractivity contribution in [3.8, 4) is 0 Å². The minimum Gasteiger partial charge on any atom is -0.373 e. The maximum absolute atomic E-state index is 11.9. The Hall–Kier alpha value is -0.320. The Morgan fingerprint density at radius 3 is 2.82 bits per heavy atom. The number of hydrogen-bond donors (Lipinski definition) is 2. The van der Waals surface area contributed by atoms with Crippen molar-refractivity contribution in [2.24, 2.45) is 11.7 Å². The van der Waals surface area contributed by atoms with Crippen LogP contribution in [0.25, 0.3) is 0 Å². The van der Waals surface area contributed by atoms with E-state index in [1.807, 2.05) is 0 Å². The lowest BCUT2D eigenvalue weighted by Crippen LogP contribution is -2.42. The van der Waals surface area contributed by atoms with Gasteiger partial charge in [-0.2, -0.15) is 0 Å². The van der Waals surface area contributed by atoms with Crippen molar-refractivity contribution >= 4 is 18.3 Å². The molecular weight excluding hydrogens is 240 g/mol. The van der Waals surface area contributed by atoms with Crippen LogP contribution in [0.2, 0.25) is 0 Å². The number of nitrogens with one attached hydrogen (secondary N) is 1. The number of nitrogens with two attached hydrogens (primary N) is 1. The molecule has 2 rings (SSSR count). The lowest BCUT2D eigenvalue weighted by molar-refractivity contribution is -0.126. The molecule has 1 saturated carbocycles. The molecule has 4 nitrogen and oxygen atoms in total. The summed E-state index contributed by atoms with van der Waals surface area (Å²) >= 11 is 0. The summed E-state index contributed by atoms with van der Waals surface area (Å²) in [5, 5.41) is 3.01. The third-order valence-electron chi connectivity index (χ3n) is 3.78. The molecule has 5 heteroatoms. The summed E-state index contributed by atoms with van der Waals surface area (Å²) in [7, 11) is 0. The normalized spacial score (nSPS) is 36.6. The first-order chi connectivity index (χ1) is 7.59. The van der Waals surface area contributed by atoms with E-state index in [0.29, 0.717) is 6.54 Å². The van der Waals surface area contributed by atoms with Gasteiger partial charge in [-0.3, -0.25) is 4.79 Å². The molecule has 1 amide bonds. The van der Waals surface area contributed by atoms with Gasteiger partial charge >= 0.3 is 0 Å². The average Bonchev–Trinajstić information content (AvgIpc) is 2.85. The summed E-state index contributed by atoms with van der Waals surface area (Å²) in [6.45, 7) is 3.53. The highest BCUT2D eigenvalue weighted by Crippen LogP contribution is 2.26. The predicted molar refractivity (Wildman–Crippen MR) is 69.2 cm³/mol. The first kappa shape index (κ1) is 14.7. The van der Waals surface area contributed by atoms with Crippen molar-refractivity contribution < 1.29 is 9.53 Å². The quantitative estimate of drug-likeness (QED) is 0.804. The van der Waals surface area contributed by atoms with Crippen molar-refractivity contribution in [3.05, 3.63) is 0 Å². The molecule has 1 aliphatic carbocycles. The van der Waals surface area contributed by atoms with Crippen molar-refractivity contribution in [1.82, 2.24) is 5.32 Å². The number of amides is 1. The van der Waals surface area contributed by atoms with Crippen LogP contribution < -0.4 is 11.1 Å². The second-order valence-corrected chi connectivity index (χ2v) is 5.39. The minimum absolute atomic E-state index is 0. The summed E-state index contributed by atoms with van der Waals surface area (Å²) in [4.78, 5) is 11.9. The Morgan fingerprint density at radius 2 is 2.29 bits per heavy atom. The number of carbonyl (C=O) groups excluding carboxylic acids is 1. The van der Waals surface area contributed by atoms with Crippen LogP contribution in [0.5, 0.6) is 0 Å². The predicted octanol–water partition coefficient (Wildman–Crippen LogP) is 1.22. The van der Waals surface area contributed by atoms with Gasteiger partial charge < -0.3 is 15.8 Å². The molecule has 3 N–H and O–H groups in total. The molecule has 2 aliphatic rings. The van der Waals surface area contributed by atoms with Gasteiger partial charge in [0.1, 0.15) is 0 Å². The molecule has 0 radical (unpaired) electrons. The Morgan fingerprint density at radius 1 is 1.53 bits per heavy atom. The monoisotopic (exact) mass is 262 g/mol. The SMILES string of the molecule is CC1(CNC(=O)C2CCC(N)C2)CCCO1.Cl. The van der Waals surface area contributed by atoms with Gasteiger partial charge in [-0.25, -0.2) is 0 Å². The summed E-state index contributed by atoms with van der Waals surface area (Å²) in [5.41, 5.74) is 5.66. The highest BCUT2D eigenvalue weighted by molar-refractivity contribution is 5.85. The second-order valence-electron chi connectivity index (χ2n) is 5.39. The van der Waals surface area contributed by atoms with Crippen molar-refractivity contribution in [2.75, 3.05) is 13.2 Å². The fourth-order valence-corrected chi connectivity index (χ4v) is 2.65. The van der Waals surface area contributed by atoms with Crippen molar-refractivity contribution in [2.45, 2.75) is 50.7 Å². The topological polar surface area (TPSA) is 64.4 Å². The highest BCUT2D eigenvalue weighted by Gasteiger charge is 2.32. The lowest BCUT2D eigenvalue weighted by atomic mass is 10.0. The molecule has 100 valence electrons. The van der Waals surface area contributed by atoms with Gasteiger partial charge in [0.15, 0.2) is 0 Å². The van der Waals surface area contributed by atoms with E-state index in [9.17, 15) is 4.79 Å². The first-order valence-corrected chi connectivity index (χ1v) is 6.26. The summed E-state index contributed by atoms with van der Waals surface area (Å²) < 4.78 is 5.64. The van der Waals surface area contributed by atoms with E-state index in [2.05, 4.69) is 12.2 Å². The molecular formula is C12H23ClN2O2. The van der Waals surface area contributed by atoms with E-state index in [1.54, 1.807) is 0 Å². The minimum atomic E-state index is -0.142. The van der Waals surface area contributed by atoms with Crippen LogP contribution >= 0.6 is 12.4 Å². The molecule has 1 heterocycles. The van der Waals surface area contributed by atoms with Crippen molar-refractivity contribution in [1.29, 1.82) is 0 Å². The molecule has 2 fully saturated rings. The number of rotatable bonds is 3. The van der Waals surface area contributed by atoms with E-state index in [1.165, 1.54) is 0 Å². The molecule has 17 heavy (non-hydrogen) atoms. The fraction of sp³-hybridized carbons (Fsp3) is 0.917. The number of hydrogen-bond acceptors (Lipinski definition) is 3. The zero-order valence-electron chi connectivity index (χ0n) is 10.4. The van der Waals surface area contributed by atoms with E-state index >= 15 is 0 Å². The van der Waals surface area contributed by atoms with E-state index < -0.39 is 0 Å². The Kier molecular flexibility index (Phi) is 5.22. The standard InChI is InChI=1S/C12H22N2O2.ClH/c1-12(5-2-6-16-12)8-14-11(15)9-3-4-10(13)7-9;/h9-10H,2-8,13H2,1H3,(H,14,15);1H. The molecule has 3 atom stereocenters. The van der Waals surface area contributed by atoms with Gasteiger partial charge in [0, 0.05) is 25.1 Å².